The van der Waals surface area contributed by atoms with Gasteiger partial charge in [0.1, 0.15) is 5.78 Å². The minimum Gasteiger partial charge on any atom is -0.380 e. The Morgan fingerprint density at radius 3 is 2.70 bits per heavy atom. The van der Waals surface area contributed by atoms with E-state index in [9.17, 15) is 4.79 Å². The van der Waals surface area contributed by atoms with Crippen LogP contribution >= 0.6 is 0 Å². The summed E-state index contributed by atoms with van der Waals surface area (Å²) in [6, 6.07) is 0. The lowest BCUT2D eigenvalue weighted by Crippen LogP contribution is -2.31. The third-order valence-electron chi connectivity index (χ3n) is 2.01. The summed E-state index contributed by atoms with van der Waals surface area (Å²) in [5.74, 6) is 0.975. The van der Waals surface area contributed by atoms with Crippen molar-refractivity contribution < 1.29 is 9.53 Å². The van der Waals surface area contributed by atoms with E-state index in [1.165, 1.54) is 0 Å². The molecule has 0 spiro atoms. The Morgan fingerprint density at radius 2 is 2.30 bits per heavy atom. The van der Waals surface area contributed by atoms with Crippen LogP contribution in [0.4, 0.5) is 0 Å². The second-order valence-electron chi connectivity index (χ2n) is 3.14. The molecule has 1 aliphatic rings. The number of Topliss-reactive ketones (excluding diaryl/α,β-unsaturated/α-hetero) is 1. The van der Waals surface area contributed by atoms with Crippen LogP contribution in [-0.4, -0.2) is 19.0 Å². The maximum atomic E-state index is 11.2. The predicted octanol–water partition coefficient (Wildman–Crippen LogP) is 1.25. The fourth-order valence-electron chi connectivity index (χ4n) is 1.23. The topological polar surface area (TPSA) is 26.3 Å². The summed E-state index contributed by atoms with van der Waals surface area (Å²) in [6.07, 6.45) is 0.614. The standard InChI is InChI=1S/C8H14O2/c1-6(2)7-5-10-4-3-8(7)9/h6-7H,3-5H2,1-2H3/t7-/m0/s1. The molecule has 58 valence electrons. The molecule has 1 saturated heterocycles. The van der Waals surface area contributed by atoms with Crippen molar-refractivity contribution in [3.63, 3.8) is 0 Å². The second kappa shape index (κ2) is 3.15. The molecular weight excluding hydrogens is 128 g/mol. The molecule has 0 aromatic rings. The van der Waals surface area contributed by atoms with Gasteiger partial charge in [-0.3, -0.25) is 4.79 Å². The number of carbonyl (C=O) groups is 1. The lowest BCUT2D eigenvalue weighted by atomic mass is 9.90. The number of carbonyl (C=O) groups excluding carboxylic acids is 1. The smallest absolute Gasteiger partial charge is 0.140 e. The first kappa shape index (κ1) is 7.73. The van der Waals surface area contributed by atoms with Crippen LogP contribution in [0.3, 0.4) is 0 Å². The molecule has 0 radical (unpaired) electrons. The summed E-state index contributed by atoms with van der Waals surface area (Å²) in [7, 11) is 0. The molecule has 2 nitrogen and oxygen atoms in total. The van der Waals surface area contributed by atoms with Crippen LogP contribution in [0, 0.1) is 11.8 Å². The zero-order valence-electron chi connectivity index (χ0n) is 6.59. The molecule has 0 bridgehead atoms. The van der Waals surface area contributed by atoms with Crippen molar-refractivity contribution in [2.75, 3.05) is 13.2 Å². The zero-order valence-corrected chi connectivity index (χ0v) is 6.59. The molecule has 1 aliphatic heterocycles. The first-order valence-corrected chi connectivity index (χ1v) is 3.82. The third kappa shape index (κ3) is 1.57. The average molecular weight is 142 g/mol. The van der Waals surface area contributed by atoms with Crippen LogP contribution in [0.2, 0.25) is 0 Å². The summed E-state index contributed by atoms with van der Waals surface area (Å²) in [5.41, 5.74) is 0. The number of ether oxygens (including phenoxy) is 1. The van der Waals surface area contributed by atoms with Gasteiger partial charge >= 0.3 is 0 Å². The van der Waals surface area contributed by atoms with E-state index < -0.39 is 0 Å². The van der Waals surface area contributed by atoms with E-state index in [1.807, 2.05) is 0 Å². The predicted molar refractivity (Wildman–Crippen MR) is 38.8 cm³/mol. The van der Waals surface area contributed by atoms with Gasteiger partial charge in [0, 0.05) is 12.3 Å². The van der Waals surface area contributed by atoms with Gasteiger partial charge in [-0.1, -0.05) is 13.8 Å². The number of ketones is 1. The molecule has 0 aliphatic carbocycles. The summed E-state index contributed by atoms with van der Waals surface area (Å²) >= 11 is 0. The first-order valence-electron chi connectivity index (χ1n) is 3.82. The highest BCUT2D eigenvalue weighted by molar-refractivity contribution is 5.81. The Morgan fingerprint density at radius 1 is 1.60 bits per heavy atom. The fourth-order valence-corrected chi connectivity index (χ4v) is 1.23. The summed E-state index contributed by atoms with van der Waals surface area (Å²) in [4.78, 5) is 11.2. The second-order valence-corrected chi connectivity index (χ2v) is 3.14. The molecule has 1 rings (SSSR count). The van der Waals surface area contributed by atoms with Gasteiger partial charge in [0.05, 0.1) is 13.2 Å². The van der Waals surface area contributed by atoms with Gasteiger partial charge in [-0.05, 0) is 5.92 Å². The maximum Gasteiger partial charge on any atom is 0.140 e. The van der Waals surface area contributed by atoms with E-state index in [0.29, 0.717) is 31.3 Å². The van der Waals surface area contributed by atoms with Crippen LogP contribution in [0.1, 0.15) is 20.3 Å². The van der Waals surface area contributed by atoms with E-state index in [-0.39, 0.29) is 5.92 Å². The van der Waals surface area contributed by atoms with Crippen LogP contribution in [0.15, 0.2) is 0 Å². The van der Waals surface area contributed by atoms with Gasteiger partial charge in [0.2, 0.25) is 0 Å². The molecule has 1 atom stereocenters. The lowest BCUT2D eigenvalue weighted by molar-refractivity contribution is -0.132. The molecular formula is C8H14O2. The van der Waals surface area contributed by atoms with Crippen LogP contribution in [0.25, 0.3) is 0 Å². The normalized spacial score (nSPS) is 27.5. The molecule has 2 heteroatoms. The van der Waals surface area contributed by atoms with E-state index in [4.69, 9.17) is 4.74 Å². The van der Waals surface area contributed by atoms with Gasteiger partial charge in [-0.2, -0.15) is 0 Å². The SMILES string of the molecule is CC(C)[C@@H]1COCCC1=O. The van der Waals surface area contributed by atoms with Crippen LogP contribution in [0.5, 0.6) is 0 Å². The van der Waals surface area contributed by atoms with Crippen LogP contribution in [-0.2, 0) is 9.53 Å². The van der Waals surface area contributed by atoms with Crippen molar-refractivity contribution in [3.05, 3.63) is 0 Å². The van der Waals surface area contributed by atoms with E-state index in [1.54, 1.807) is 0 Å². The Kier molecular flexibility index (Phi) is 2.44. The third-order valence-corrected chi connectivity index (χ3v) is 2.01. The highest BCUT2D eigenvalue weighted by Crippen LogP contribution is 2.17. The van der Waals surface area contributed by atoms with E-state index >= 15 is 0 Å². The molecule has 0 aromatic carbocycles. The molecule has 0 saturated carbocycles. The van der Waals surface area contributed by atoms with Crippen molar-refractivity contribution in [3.8, 4) is 0 Å². The summed E-state index contributed by atoms with van der Waals surface area (Å²) < 4.78 is 5.19. The van der Waals surface area contributed by atoms with Gasteiger partial charge in [0.25, 0.3) is 0 Å². The molecule has 0 amide bonds. The maximum absolute atomic E-state index is 11.2. The lowest BCUT2D eigenvalue weighted by Gasteiger charge is -2.23. The Labute approximate surface area is 61.6 Å². The zero-order chi connectivity index (χ0) is 7.56. The molecule has 10 heavy (non-hydrogen) atoms. The monoisotopic (exact) mass is 142 g/mol. The molecule has 0 unspecified atom stereocenters. The quantitative estimate of drug-likeness (QED) is 0.550. The van der Waals surface area contributed by atoms with Gasteiger partial charge in [0.15, 0.2) is 0 Å². The van der Waals surface area contributed by atoms with Gasteiger partial charge < -0.3 is 4.74 Å². The number of rotatable bonds is 1. The van der Waals surface area contributed by atoms with Crippen LogP contribution < -0.4 is 0 Å². The Hall–Kier alpha value is -0.370. The largest absolute Gasteiger partial charge is 0.380 e. The highest BCUT2D eigenvalue weighted by atomic mass is 16.5. The Balaban J connectivity index is 2.48. The van der Waals surface area contributed by atoms with Gasteiger partial charge in [-0.25, -0.2) is 0 Å². The van der Waals surface area contributed by atoms with Crippen molar-refractivity contribution >= 4 is 5.78 Å². The molecule has 1 heterocycles. The highest BCUT2D eigenvalue weighted by Gasteiger charge is 2.25. The minimum absolute atomic E-state index is 0.161. The van der Waals surface area contributed by atoms with Crippen molar-refractivity contribution in [1.82, 2.24) is 0 Å². The molecule has 0 aromatic heterocycles. The van der Waals surface area contributed by atoms with Crippen molar-refractivity contribution in [2.24, 2.45) is 11.8 Å². The summed E-state index contributed by atoms with van der Waals surface area (Å²) in [6.45, 7) is 5.40. The number of hydrogen-bond acceptors (Lipinski definition) is 2. The average Bonchev–Trinajstić information content (AvgIpc) is 1.88. The first-order chi connectivity index (χ1) is 4.72. The van der Waals surface area contributed by atoms with Gasteiger partial charge in [-0.15, -0.1) is 0 Å². The van der Waals surface area contributed by atoms with E-state index in [2.05, 4.69) is 13.8 Å². The fraction of sp³-hybridized carbons (Fsp3) is 0.875. The Bertz CT molecular complexity index is 129. The molecule has 0 N–H and O–H groups in total. The minimum atomic E-state index is 0.161. The van der Waals surface area contributed by atoms with Crippen molar-refractivity contribution in [2.45, 2.75) is 20.3 Å². The number of hydrogen-bond donors (Lipinski definition) is 0. The summed E-state index contributed by atoms with van der Waals surface area (Å²) in [5, 5.41) is 0. The van der Waals surface area contributed by atoms with Crippen molar-refractivity contribution in [1.29, 1.82) is 0 Å². The van der Waals surface area contributed by atoms with E-state index in [0.717, 1.165) is 0 Å². The molecule has 1 fully saturated rings.